The molecular weight excluding hydrogens is 206 g/mol. The lowest BCUT2D eigenvalue weighted by atomic mass is 10.3. The summed E-state index contributed by atoms with van der Waals surface area (Å²) in [4.78, 5) is 21.0. The van der Waals surface area contributed by atoms with E-state index in [1.54, 1.807) is 13.0 Å². The number of hydrogen-bond acceptors (Lipinski definition) is 3. The molecule has 2 rings (SSSR count). The Balaban J connectivity index is 2.72. The summed E-state index contributed by atoms with van der Waals surface area (Å²) >= 11 is 5.82. The van der Waals surface area contributed by atoms with Gasteiger partial charge in [0.05, 0.1) is 16.2 Å². The van der Waals surface area contributed by atoms with Gasteiger partial charge in [-0.1, -0.05) is 11.6 Å². The van der Waals surface area contributed by atoms with Crippen LogP contribution in [0.2, 0.25) is 5.02 Å². The monoisotopic (exact) mass is 211 g/mol. The van der Waals surface area contributed by atoms with Gasteiger partial charge in [0.15, 0.2) is 5.65 Å². The number of hydrogen-bond donors (Lipinski definition) is 2. The van der Waals surface area contributed by atoms with Gasteiger partial charge >= 0.3 is 5.97 Å². The fourth-order valence-electron chi connectivity index (χ4n) is 1.11. The Morgan fingerprint density at radius 1 is 1.57 bits per heavy atom. The Hall–Kier alpha value is -1.62. The van der Waals surface area contributed by atoms with E-state index in [2.05, 4.69) is 15.0 Å². The van der Waals surface area contributed by atoms with Crippen LogP contribution in [0.5, 0.6) is 0 Å². The number of rotatable bonds is 1. The number of fused-ring (bicyclic) bond motifs is 1. The van der Waals surface area contributed by atoms with E-state index in [0.717, 1.165) is 0 Å². The van der Waals surface area contributed by atoms with E-state index in [1.807, 2.05) is 0 Å². The number of H-pyrrole nitrogens is 1. The number of nitrogens with one attached hydrogen (secondary N) is 1. The Morgan fingerprint density at radius 2 is 2.29 bits per heavy atom. The molecule has 2 aromatic rings. The molecule has 0 aliphatic carbocycles. The molecule has 2 heterocycles. The first-order valence-electron chi connectivity index (χ1n) is 3.84. The van der Waals surface area contributed by atoms with Gasteiger partial charge < -0.3 is 10.1 Å². The molecule has 5 nitrogen and oxygen atoms in total. The van der Waals surface area contributed by atoms with Crippen LogP contribution in [0, 0.1) is 6.92 Å². The van der Waals surface area contributed by atoms with Crippen molar-refractivity contribution >= 4 is 28.7 Å². The van der Waals surface area contributed by atoms with Gasteiger partial charge in [-0.3, -0.25) is 0 Å². The van der Waals surface area contributed by atoms with Crippen molar-refractivity contribution in [1.82, 2.24) is 15.0 Å². The van der Waals surface area contributed by atoms with Crippen molar-refractivity contribution < 1.29 is 9.90 Å². The van der Waals surface area contributed by atoms with Crippen molar-refractivity contribution in [2.24, 2.45) is 0 Å². The molecule has 0 spiro atoms. The molecule has 0 saturated heterocycles. The van der Waals surface area contributed by atoms with Crippen molar-refractivity contribution in [3.05, 3.63) is 22.6 Å². The lowest BCUT2D eigenvalue weighted by Crippen LogP contribution is -1.97. The molecule has 0 aliphatic rings. The van der Waals surface area contributed by atoms with Gasteiger partial charge in [0, 0.05) is 0 Å². The smallest absolute Gasteiger partial charge is 0.371 e. The maximum Gasteiger partial charge on any atom is 0.371 e. The van der Waals surface area contributed by atoms with Gasteiger partial charge in [0.25, 0.3) is 0 Å². The lowest BCUT2D eigenvalue weighted by Gasteiger charge is -1.94. The predicted molar refractivity (Wildman–Crippen MR) is 50.6 cm³/mol. The van der Waals surface area contributed by atoms with Crippen LogP contribution in [0.25, 0.3) is 11.2 Å². The third kappa shape index (κ3) is 1.31. The Morgan fingerprint density at radius 3 is 2.93 bits per heavy atom. The molecule has 2 aromatic heterocycles. The van der Waals surface area contributed by atoms with Gasteiger partial charge in [0.1, 0.15) is 0 Å². The number of halogens is 1. The van der Waals surface area contributed by atoms with E-state index in [4.69, 9.17) is 16.7 Å². The first kappa shape index (κ1) is 8.96. The van der Waals surface area contributed by atoms with E-state index >= 15 is 0 Å². The summed E-state index contributed by atoms with van der Waals surface area (Å²) in [5.41, 5.74) is 1.52. The highest BCUT2D eigenvalue weighted by Crippen LogP contribution is 2.18. The van der Waals surface area contributed by atoms with Crippen LogP contribution >= 0.6 is 11.6 Å². The number of carboxylic acids is 1. The first-order chi connectivity index (χ1) is 6.58. The summed E-state index contributed by atoms with van der Waals surface area (Å²) in [5, 5.41) is 9.15. The van der Waals surface area contributed by atoms with Crippen LogP contribution in [0.3, 0.4) is 0 Å². The molecule has 0 unspecified atom stereocenters. The number of nitrogens with zero attached hydrogens (tertiary/aromatic N) is 2. The summed E-state index contributed by atoms with van der Waals surface area (Å²) in [6.45, 7) is 1.73. The number of carboxylic acid groups (broad SMARTS) is 1. The number of aromatic carboxylic acids is 1. The standard InChI is InChI=1S/C8H6ClN3O2/c1-3-4(9)2-5-6(10-3)12-7(11-5)8(13)14/h2H,1H3,(H,13,14)(H,10,11,12). The Bertz CT molecular complexity index is 482. The highest BCUT2D eigenvalue weighted by molar-refractivity contribution is 6.31. The van der Waals surface area contributed by atoms with E-state index < -0.39 is 5.97 Å². The largest absolute Gasteiger partial charge is 0.475 e. The summed E-state index contributed by atoms with van der Waals surface area (Å²) < 4.78 is 0. The SMILES string of the molecule is Cc1nc2nc(C(=O)O)[nH]c2cc1Cl. The zero-order chi connectivity index (χ0) is 10.3. The maximum atomic E-state index is 10.6. The highest BCUT2D eigenvalue weighted by Gasteiger charge is 2.11. The Kier molecular flexibility index (Phi) is 1.89. The molecule has 0 aromatic carbocycles. The van der Waals surface area contributed by atoms with Gasteiger partial charge in [-0.2, -0.15) is 0 Å². The van der Waals surface area contributed by atoms with Crippen molar-refractivity contribution in [3.63, 3.8) is 0 Å². The molecular formula is C8H6ClN3O2. The summed E-state index contributed by atoms with van der Waals surface area (Å²) in [6.07, 6.45) is 0. The van der Waals surface area contributed by atoms with Crippen LogP contribution in [-0.4, -0.2) is 26.0 Å². The van der Waals surface area contributed by atoms with Crippen LogP contribution in [0.1, 0.15) is 16.3 Å². The maximum absolute atomic E-state index is 10.6. The van der Waals surface area contributed by atoms with Crippen LogP contribution < -0.4 is 0 Å². The van der Waals surface area contributed by atoms with Gasteiger partial charge in [-0.25, -0.2) is 14.8 Å². The average Bonchev–Trinajstić information content (AvgIpc) is 2.48. The van der Waals surface area contributed by atoms with E-state index in [-0.39, 0.29) is 5.82 Å². The second kappa shape index (κ2) is 2.95. The number of aromatic nitrogens is 3. The minimum atomic E-state index is -1.11. The number of imidazole rings is 1. The Labute approximate surface area is 83.8 Å². The second-order valence-corrected chi connectivity index (χ2v) is 3.22. The summed E-state index contributed by atoms with van der Waals surface area (Å²) in [7, 11) is 0. The third-order valence-electron chi connectivity index (χ3n) is 1.80. The molecule has 0 atom stereocenters. The van der Waals surface area contributed by atoms with Gasteiger partial charge in [0.2, 0.25) is 5.82 Å². The van der Waals surface area contributed by atoms with Crippen molar-refractivity contribution in [2.45, 2.75) is 6.92 Å². The zero-order valence-corrected chi connectivity index (χ0v) is 7.96. The minimum absolute atomic E-state index is 0.130. The van der Waals surface area contributed by atoms with E-state index in [1.165, 1.54) is 0 Å². The first-order valence-corrected chi connectivity index (χ1v) is 4.22. The third-order valence-corrected chi connectivity index (χ3v) is 2.19. The number of pyridine rings is 1. The van der Waals surface area contributed by atoms with Crippen LogP contribution in [0.15, 0.2) is 6.07 Å². The summed E-state index contributed by atoms with van der Waals surface area (Å²) in [5.74, 6) is -1.24. The van der Waals surface area contributed by atoms with Crippen molar-refractivity contribution in [1.29, 1.82) is 0 Å². The average molecular weight is 212 g/mol. The van der Waals surface area contributed by atoms with E-state index in [0.29, 0.717) is 21.9 Å². The molecule has 0 fully saturated rings. The number of aryl methyl sites for hydroxylation is 1. The molecule has 6 heteroatoms. The zero-order valence-electron chi connectivity index (χ0n) is 7.21. The highest BCUT2D eigenvalue weighted by atomic mass is 35.5. The molecule has 0 saturated carbocycles. The number of aromatic amines is 1. The quantitative estimate of drug-likeness (QED) is 0.751. The fourth-order valence-corrected chi connectivity index (χ4v) is 1.26. The lowest BCUT2D eigenvalue weighted by molar-refractivity contribution is 0.0685. The van der Waals surface area contributed by atoms with Crippen molar-refractivity contribution in [2.75, 3.05) is 0 Å². The number of carbonyl (C=O) groups is 1. The van der Waals surface area contributed by atoms with Gasteiger partial charge in [-0.05, 0) is 13.0 Å². The predicted octanol–water partition coefficient (Wildman–Crippen LogP) is 1.62. The molecule has 2 N–H and O–H groups in total. The minimum Gasteiger partial charge on any atom is -0.475 e. The topological polar surface area (TPSA) is 78.9 Å². The van der Waals surface area contributed by atoms with E-state index in [9.17, 15) is 4.79 Å². The second-order valence-electron chi connectivity index (χ2n) is 2.82. The molecule has 0 radical (unpaired) electrons. The molecule has 72 valence electrons. The van der Waals surface area contributed by atoms with Crippen LogP contribution in [0.4, 0.5) is 0 Å². The van der Waals surface area contributed by atoms with Crippen LogP contribution in [-0.2, 0) is 0 Å². The summed E-state index contributed by atoms with van der Waals surface area (Å²) in [6, 6.07) is 1.61. The molecule has 0 bridgehead atoms. The normalized spacial score (nSPS) is 10.7. The molecule has 0 aliphatic heterocycles. The van der Waals surface area contributed by atoms with Crippen molar-refractivity contribution in [3.8, 4) is 0 Å². The molecule has 14 heavy (non-hydrogen) atoms. The molecule has 0 amide bonds. The fraction of sp³-hybridized carbons (Fsp3) is 0.125. The van der Waals surface area contributed by atoms with Gasteiger partial charge in [-0.15, -0.1) is 0 Å².